The molecule has 0 aliphatic heterocycles. The van der Waals surface area contributed by atoms with Gasteiger partial charge in [-0.25, -0.2) is 16.8 Å². The molecule has 0 radical (unpaired) electrons. The Hall–Kier alpha value is -1.08. The molecule has 118 valence electrons. The zero-order chi connectivity index (χ0) is 16.7. The summed E-state index contributed by atoms with van der Waals surface area (Å²) in [6.45, 7) is 3.28. The van der Waals surface area contributed by atoms with Gasteiger partial charge in [-0.3, -0.25) is 0 Å². The minimum Gasteiger partial charge on any atom is -0.207 e. The van der Waals surface area contributed by atoms with Crippen LogP contribution < -0.4 is 0 Å². The predicted molar refractivity (Wildman–Crippen MR) is 87.4 cm³/mol. The van der Waals surface area contributed by atoms with Gasteiger partial charge in [-0.2, -0.15) is 0 Å². The van der Waals surface area contributed by atoms with Crippen LogP contribution in [0, 0.1) is 13.8 Å². The second kappa shape index (κ2) is 5.85. The fraction of sp³-hybridized carbons (Fsp3) is 0.143. The van der Waals surface area contributed by atoms with Gasteiger partial charge in [-0.1, -0.05) is 24.3 Å². The normalized spacial score (nSPS) is 12.4. The molecule has 0 N–H and O–H groups in total. The Morgan fingerprint density at radius 2 is 1.00 bits per heavy atom. The van der Waals surface area contributed by atoms with Gasteiger partial charge in [-0.05, 0) is 48.2 Å². The van der Waals surface area contributed by atoms with Gasteiger partial charge in [0.1, 0.15) is 0 Å². The highest BCUT2D eigenvalue weighted by molar-refractivity contribution is 8.14. The monoisotopic (exact) mass is 378 g/mol. The number of rotatable bonds is 3. The van der Waals surface area contributed by atoms with Crippen molar-refractivity contribution < 1.29 is 16.8 Å². The molecule has 0 saturated carbocycles. The van der Waals surface area contributed by atoms with E-state index in [1.54, 1.807) is 38.1 Å². The zero-order valence-corrected chi connectivity index (χ0v) is 14.8. The summed E-state index contributed by atoms with van der Waals surface area (Å²) >= 11 is 0. The van der Waals surface area contributed by atoms with Crippen LogP contribution in [0.4, 0.5) is 0 Å². The van der Waals surface area contributed by atoms with Crippen molar-refractivity contribution in [1.82, 2.24) is 0 Å². The van der Waals surface area contributed by atoms with E-state index in [2.05, 4.69) is 0 Å². The van der Waals surface area contributed by atoms with Gasteiger partial charge in [0, 0.05) is 21.4 Å². The number of hydrogen-bond acceptors (Lipinski definition) is 4. The summed E-state index contributed by atoms with van der Waals surface area (Å²) in [4.78, 5) is 0.101. The molecule has 4 nitrogen and oxygen atoms in total. The van der Waals surface area contributed by atoms with E-state index in [4.69, 9.17) is 21.4 Å². The molecule has 0 heterocycles. The SMILES string of the molecule is Cc1cc(-c2ccc(S(=O)(=O)Cl)c(C)c2)ccc1S(=O)(=O)Cl. The van der Waals surface area contributed by atoms with Gasteiger partial charge in [0.15, 0.2) is 0 Å². The molecule has 2 aromatic carbocycles. The van der Waals surface area contributed by atoms with E-state index < -0.39 is 18.1 Å². The van der Waals surface area contributed by atoms with Crippen LogP contribution >= 0.6 is 21.4 Å². The summed E-state index contributed by atoms with van der Waals surface area (Å²) < 4.78 is 45.6. The van der Waals surface area contributed by atoms with Crippen molar-refractivity contribution >= 4 is 39.5 Å². The number of benzene rings is 2. The lowest BCUT2D eigenvalue weighted by Gasteiger charge is -2.09. The van der Waals surface area contributed by atoms with Gasteiger partial charge >= 0.3 is 0 Å². The van der Waals surface area contributed by atoms with E-state index in [-0.39, 0.29) is 9.79 Å². The summed E-state index contributed by atoms with van der Waals surface area (Å²) in [7, 11) is 3.12. The zero-order valence-electron chi connectivity index (χ0n) is 11.7. The number of hydrogen-bond donors (Lipinski definition) is 0. The van der Waals surface area contributed by atoms with Crippen LogP contribution in [-0.2, 0) is 18.1 Å². The van der Waals surface area contributed by atoms with E-state index in [1.807, 2.05) is 0 Å². The van der Waals surface area contributed by atoms with E-state index in [0.717, 1.165) is 11.1 Å². The first-order valence-electron chi connectivity index (χ1n) is 6.11. The maximum absolute atomic E-state index is 11.4. The molecular weight excluding hydrogens is 367 g/mol. The minimum absolute atomic E-state index is 0.0506. The third-order valence-electron chi connectivity index (χ3n) is 3.21. The first-order valence-corrected chi connectivity index (χ1v) is 10.7. The van der Waals surface area contributed by atoms with E-state index >= 15 is 0 Å². The quantitative estimate of drug-likeness (QED) is 0.761. The molecule has 0 spiro atoms. The Morgan fingerprint density at radius 3 is 1.23 bits per heavy atom. The van der Waals surface area contributed by atoms with Crippen molar-refractivity contribution in [3.8, 4) is 11.1 Å². The van der Waals surface area contributed by atoms with Crippen LogP contribution in [0.1, 0.15) is 11.1 Å². The fourth-order valence-corrected chi connectivity index (χ4v) is 4.59. The lowest BCUT2D eigenvalue weighted by Crippen LogP contribution is -1.96. The first kappa shape index (κ1) is 17.3. The third-order valence-corrected chi connectivity index (χ3v) is 6.17. The largest absolute Gasteiger partial charge is 0.261 e. The summed E-state index contributed by atoms with van der Waals surface area (Å²) in [5, 5.41) is 0. The highest BCUT2D eigenvalue weighted by atomic mass is 35.7. The number of aryl methyl sites for hydroxylation is 2. The molecule has 0 aromatic heterocycles. The van der Waals surface area contributed by atoms with E-state index in [9.17, 15) is 16.8 Å². The van der Waals surface area contributed by atoms with Crippen molar-refractivity contribution in [3.05, 3.63) is 47.5 Å². The predicted octanol–water partition coefficient (Wildman–Crippen LogP) is 3.83. The summed E-state index contributed by atoms with van der Waals surface area (Å²) in [6, 6.07) is 9.44. The van der Waals surface area contributed by atoms with Crippen LogP contribution in [0.3, 0.4) is 0 Å². The van der Waals surface area contributed by atoms with E-state index in [0.29, 0.717) is 11.1 Å². The van der Waals surface area contributed by atoms with Crippen LogP contribution in [-0.4, -0.2) is 16.8 Å². The standard InChI is InChI=1S/C14H12Cl2O4S2/c1-9-7-11(3-5-13(9)21(15,17)18)12-4-6-14(10(2)8-12)22(16,19)20/h3-8H,1-2H3. The van der Waals surface area contributed by atoms with Crippen LogP contribution in [0.25, 0.3) is 11.1 Å². The molecule has 0 saturated heterocycles. The molecule has 8 heteroatoms. The number of halogens is 2. The molecule has 0 atom stereocenters. The van der Waals surface area contributed by atoms with Gasteiger partial charge in [0.2, 0.25) is 0 Å². The van der Waals surface area contributed by atoms with Gasteiger partial charge in [0.25, 0.3) is 18.1 Å². The minimum atomic E-state index is -3.79. The molecule has 0 unspecified atom stereocenters. The Labute approximate surface area is 138 Å². The highest BCUT2D eigenvalue weighted by Crippen LogP contribution is 2.29. The highest BCUT2D eigenvalue weighted by Gasteiger charge is 2.16. The topological polar surface area (TPSA) is 68.3 Å². The summed E-state index contributed by atoms with van der Waals surface area (Å²) in [5.74, 6) is 0. The average Bonchev–Trinajstić information content (AvgIpc) is 2.35. The van der Waals surface area contributed by atoms with Crippen molar-refractivity contribution in [2.45, 2.75) is 23.6 Å². The van der Waals surface area contributed by atoms with Crippen LogP contribution in [0.5, 0.6) is 0 Å². The summed E-state index contributed by atoms with van der Waals surface area (Å²) in [6.07, 6.45) is 0. The first-order chi connectivity index (χ1) is 10.00. The van der Waals surface area contributed by atoms with Gasteiger partial charge in [-0.15, -0.1) is 0 Å². The Bertz CT molecular complexity index is 869. The summed E-state index contributed by atoms with van der Waals surface area (Å²) in [5.41, 5.74) is 2.53. The maximum Gasteiger partial charge on any atom is 0.261 e. The maximum atomic E-state index is 11.4. The second-order valence-electron chi connectivity index (χ2n) is 4.84. The molecular formula is C14H12Cl2O4S2. The third kappa shape index (κ3) is 3.63. The molecule has 0 amide bonds. The van der Waals surface area contributed by atoms with Crippen LogP contribution in [0.15, 0.2) is 46.2 Å². The lowest BCUT2D eigenvalue weighted by atomic mass is 10.0. The van der Waals surface area contributed by atoms with Gasteiger partial charge in [0.05, 0.1) is 9.79 Å². The van der Waals surface area contributed by atoms with Crippen molar-refractivity contribution in [1.29, 1.82) is 0 Å². The molecule has 0 bridgehead atoms. The molecule has 0 fully saturated rings. The van der Waals surface area contributed by atoms with Crippen molar-refractivity contribution in [2.24, 2.45) is 0 Å². The molecule has 22 heavy (non-hydrogen) atoms. The Morgan fingerprint density at radius 1 is 0.682 bits per heavy atom. The Kier molecular flexibility index (Phi) is 4.59. The molecule has 0 aliphatic rings. The fourth-order valence-electron chi connectivity index (χ4n) is 2.21. The van der Waals surface area contributed by atoms with Crippen molar-refractivity contribution in [3.63, 3.8) is 0 Å². The molecule has 2 aromatic rings. The molecule has 0 aliphatic carbocycles. The smallest absolute Gasteiger partial charge is 0.207 e. The molecule has 2 rings (SSSR count). The van der Waals surface area contributed by atoms with Gasteiger partial charge < -0.3 is 0 Å². The van der Waals surface area contributed by atoms with Crippen LogP contribution in [0.2, 0.25) is 0 Å². The second-order valence-corrected chi connectivity index (χ2v) is 9.90. The Balaban J connectivity index is 2.55. The average molecular weight is 379 g/mol. The van der Waals surface area contributed by atoms with Crippen molar-refractivity contribution in [2.75, 3.05) is 0 Å². The lowest BCUT2D eigenvalue weighted by molar-refractivity contribution is 0.607. The van der Waals surface area contributed by atoms with E-state index in [1.165, 1.54) is 12.1 Å².